The van der Waals surface area contributed by atoms with Gasteiger partial charge >= 0.3 is 6.03 Å². The van der Waals surface area contributed by atoms with Gasteiger partial charge in [0.15, 0.2) is 5.65 Å². The number of fused-ring (bicyclic) bond motifs is 2. The zero-order chi connectivity index (χ0) is 35.3. The Morgan fingerprint density at radius 1 is 0.959 bits per heavy atom. The molecule has 0 spiro atoms. The van der Waals surface area contributed by atoms with Crippen LogP contribution < -0.4 is 20.7 Å². The summed E-state index contributed by atoms with van der Waals surface area (Å²) in [6.45, 7) is 14.9. The van der Waals surface area contributed by atoms with E-state index in [0.29, 0.717) is 43.9 Å². The Balaban J connectivity index is 1.27. The molecule has 0 saturated carbocycles. The highest BCUT2D eigenvalue weighted by Gasteiger charge is 2.30. The number of nitrogens with one attached hydrogen (secondary N) is 3. The molecule has 5 rings (SSSR count). The van der Waals surface area contributed by atoms with E-state index in [0.717, 1.165) is 34.9 Å². The first kappa shape index (κ1) is 35.7. The normalized spacial score (nSPS) is 16.3. The summed E-state index contributed by atoms with van der Waals surface area (Å²) in [6, 6.07) is 14.8. The summed E-state index contributed by atoms with van der Waals surface area (Å²) in [4.78, 5) is 33.3. The van der Waals surface area contributed by atoms with Crippen LogP contribution in [0.1, 0.15) is 99.7 Å². The average Bonchev–Trinajstić information content (AvgIpc) is 3.48. The van der Waals surface area contributed by atoms with Gasteiger partial charge in [-0.25, -0.2) is 9.78 Å². The number of carbonyl (C=O) groups excluding carboxylic acids is 2. The molecule has 262 valence electrons. The van der Waals surface area contributed by atoms with E-state index in [2.05, 4.69) is 62.9 Å². The quantitative estimate of drug-likeness (QED) is 0.182. The molecule has 0 bridgehead atoms. The number of ether oxygens (including phenoxy) is 2. The van der Waals surface area contributed by atoms with Crippen LogP contribution in [0.25, 0.3) is 5.65 Å². The molecular weight excluding hydrogens is 620 g/mol. The van der Waals surface area contributed by atoms with Crippen LogP contribution in [0, 0.1) is 0 Å². The fourth-order valence-corrected chi connectivity index (χ4v) is 5.88. The van der Waals surface area contributed by atoms with Crippen molar-refractivity contribution in [3.05, 3.63) is 83.1 Å². The predicted octanol–water partition coefficient (Wildman–Crippen LogP) is 5.80. The van der Waals surface area contributed by atoms with Crippen molar-refractivity contribution in [1.29, 1.82) is 0 Å². The molecule has 49 heavy (non-hydrogen) atoms. The van der Waals surface area contributed by atoms with Crippen molar-refractivity contribution in [1.82, 2.24) is 35.1 Å². The molecule has 1 aliphatic carbocycles. The van der Waals surface area contributed by atoms with Crippen LogP contribution in [0.2, 0.25) is 0 Å². The van der Waals surface area contributed by atoms with E-state index >= 15 is 0 Å². The zero-order valence-electron chi connectivity index (χ0n) is 30.0. The third-order valence-corrected chi connectivity index (χ3v) is 8.61. The summed E-state index contributed by atoms with van der Waals surface area (Å²) >= 11 is 0. The third-order valence-electron chi connectivity index (χ3n) is 8.61. The molecule has 3 heterocycles. The zero-order valence-corrected chi connectivity index (χ0v) is 30.0. The number of hydrogen-bond donors (Lipinski definition) is 3. The molecule has 2 atom stereocenters. The van der Waals surface area contributed by atoms with Crippen molar-refractivity contribution in [3.8, 4) is 5.75 Å². The molecule has 1 aliphatic rings. The van der Waals surface area contributed by atoms with Crippen molar-refractivity contribution >= 4 is 23.3 Å². The first-order chi connectivity index (χ1) is 23.2. The van der Waals surface area contributed by atoms with Gasteiger partial charge in [-0.05, 0) is 55.3 Å². The minimum absolute atomic E-state index is 0.172. The van der Waals surface area contributed by atoms with E-state index in [4.69, 9.17) is 9.47 Å². The van der Waals surface area contributed by atoms with Crippen LogP contribution in [0.3, 0.4) is 0 Å². The Hall–Kier alpha value is -4.55. The molecule has 3 aromatic heterocycles. The molecule has 1 aromatic carbocycles. The number of urea groups is 1. The average molecular weight is 671 g/mol. The van der Waals surface area contributed by atoms with Gasteiger partial charge in [0, 0.05) is 49.0 Å². The molecule has 12 heteroatoms. The van der Waals surface area contributed by atoms with E-state index in [9.17, 15) is 9.59 Å². The van der Waals surface area contributed by atoms with E-state index in [1.807, 2.05) is 74.8 Å². The van der Waals surface area contributed by atoms with Crippen molar-refractivity contribution in [2.45, 2.75) is 77.4 Å². The number of pyridine rings is 2. The lowest BCUT2D eigenvalue weighted by molar-refractivity contribution is 0.0942. The fraction of sp³-hybridized carbons (Fsp3) is 0.486. The monoisotopic (exact) mass is 670 g/mol. The third kappa shape index (κ3) is 8.93. The van der Waals surface area contributed by atoms with Crippen molar-refractivity contribution in [2.75, 3.05) is 45.7 Å². The van der Waals surface area contributed by atoms with Crippen LogP contribution in [-0.4, -0.2) is 76.8 Å². The van der Waals surface area contributed by atoms with Crippen molar-refractivity contribution in [2.24, 2.45) is 0 Å². The minimum atomic E-state index is -0.357. The number of hydrogen-bond acceptors (Lipinski definition) is 8. The van der Waals surface area contributed by atoms with E-state index in [1.165, 1.54) is 0 Å². The Morgan fingerprint density at radius 2 is 1.71 bits per heavy atom. The SMILES string of the molecule is COCCN(C)CCNC(=O)c1cc(NC(=O)N[C@H]2CC[C@@H](Oc3ccc4nnc(C(C)(C)C)n4c3)c3ccccc32)cc(C(C)(C)C)n1. The first-order valence-corrected chi connectivity index (χ1v) is 16.9. The van der Waals surface area contributed by atoms with Crippen molar-refractivity contribution in [3.63, 3.8) is 0 Å². The molecule has 12 nitrogen and oxygen atoms in total. The molecule has 4 aromatic rings. The minimum Gasteiger partial charge on any atom is -0.484 e. The number of anilines is 1. The second-order valence-electron chi connectivity index (χ2n) is 14.8. The lowest BCUT2D eigenvalue weighted by atomic mass is 9.85. The van der Waals surface area contributed by atoms with Gasteiger partial charge in [-0.15, -0.1) is 10.2 Å². The maximum absolute atomic E-state index is 13.4. The van der Waals surface area contributed by atoms with Gasteiger partial charge < -0.3 is 30.3 Å². The smallest absolute Gasteiger partial charge is 0.319 e. The summed E-state index contributed by atoms with van der Waals surface area (Å²) in [7, 11) is 3.64. The highest BCUT2D eigenvalue weighted by Crippen LogP contribution is 2.39. The number of nitrogens with zero attached hydrogens (tertiary/aromatic N) is 5. The summed E-state index contributed by atoms with van der Waals surface area (Å²) in [6.07, 6.45) is 3.17. The number of likely N-dealkylation sites (N-methyl/N-ethyl adjacent to an activating group) is 1. The van der Waals surface area contributed by atoms with Gasteiger partial charge in [0.05, 0.1) is 18.8 Å². The topological polar surface area (TPSA) is 135 Å². The largest absolute Gasteiger partial charge is 0.484 e. The van der Waals surface area contributed by atoms with Crippen LogP contribution >= 0.6 is 0 Å². The maximum atomic E-state index is 13.4. The van der Waals surface area contributed by atoms with Gasteiger partial charge in [0.25, 0.3) is 5.91 Å². The maximum Gasteiger partial charge on any atom is 0.319 e. The number of carbonyl (C=O) groups is 2. The molecule has 0 saturated heterocycles. The molecular formula is C37H50N8O4. The molecule has 0 unspecified atom stereocenters. The number of aromatic nitrogens is 4. The van der Waals surface area contributed by atoms with E-state index in [-0.39, 0.29) is 40.6 Å². The lowest BCUT2D eigenvalue weighted by Gasteiger charge is -2.32. The van der Waals surface area contributed by atoms with Gasteiger partial charge in [-0.2, -0.15) is 0 Å². The lowest BCUT2D eigenvalue weighted by Crippen LogP contribution is -2.36. The van der Waals surface area contributed by atoms with Crippen molar-refractivity contribution < 1.29 is 19.1 Å². The van der Waals surface area contributed by atoms with Crippen LogP contribution in [0.15, 0.2) is 54.7 Å². The van der Waals surface area contributed by atoms with Gasteiger partial charge in [0.1, 0.15) is 23.4 Å². The second-order valence-corrected chi connectivity index (χ2v) is 14.8. The molecule has 3 amide bonds. The predicted molar refractivity (Wildman–Crippen MR) is 190 cm³/mol. The van der Waals surface area contributed by atoms with Gasteiger partial charge in [-0.1, -0.05) is 65.8 Å². The number of rotatable bonds is 11. The number of methoxy groups -OCH3 is 1. The summed E-state index contributed by atoms with van der Waals surface area (Å²) < 4.78 is 13.7. The summed E-state index contributed by atoms with van der Waals surface area (Å²) in [5.41, 5.74) is 3.77. The van der Waals surface area contributed by atoms with E-state index < -0.39 is 0 Å². The van der Waals surface area contributed by atoms with Crippen LogP contribution in [0.5, 0.6) is 5.75 Å². The Morgan fingerprint density at radius 3 is 2.43 bits per heavy atom. The Kier molecular flexibility index (Phi) is 10.9. The standard InChI is InChI=1S/C37H50N8O4/c1-36(2,3)31-22-24(21-29(40-31)33(46)38-17-18-44(7)19-20-48-8)39-35(47)41-28-14-15-30(27-12-10-9-11-26(27)28)49-25-13-16-32-42-43-34(37(4,5)6)45(32)23-25/h9-13,16,21-23,28,30H,14-15,17-20H2,1-8H3,(H,38,46)(H2,39,40,41,47)/t28-,30+/m0/s1. The number of benzene rings is 1. The fourth-order valence-electron chi connectivity index (χ4n) is 5.88. The van der Waals surface area contributed by atoms with Gasteiger partial charge in [-0.3, -0.25) is 9.20 Å². The Bertz CT molecular complexity index is 1770. The second kappa shape index (κ2) is 14.9. The number of amides is 3. The highest BCUT2D eigenvalue weighted by atomic mass is 16.5. The van der Waals surface area contributed by atoms with E-state index in [1.54, 1.807) is 13.2 Å². The molecule has 0 aliphatic heterocycles. The molecule has 3 N–H and O–H groups in total. The van der Waals surface area contributed by atoms with Gasteiger partial charge in [0.2, 0.25) is 0 Å². The molecule has 0 fully saturated rings. The summed E-state index contributed by atoms with van der Waals surface area (Å²) in [5.74, 6) is 1.30. The van der Waals surface area contributed by atoms with Crippen LogP contribution in [-0.2, 0) is 15.6 Å². The molecule has 0 radical (unpaired) electrons. The van der Waals surface area contributed by atoms with Crippen LogP contribution in [0.4, 0.5) is 10.5 Å². The Labute approximate surface area is 289 Å². The summed E-state index contributed by atoms with van der Waals surface area (Å²) in [5, 5.41) is 17.8. The highest BCUT2D eigenvalue weighted by molar-refractivity contribution is 5.95. The first-order valence-electron chi connectivity index (χ1n) is 16.9.